The second-order valence-corrected chi connectivity index (χ2v) is 20.4. The molecular weight excluding hydrogens is 695 g/mol. The summed E-state index contributed by atoms with van der Waals surface area (Å²) in [4.78, 5) is 20.7. The van der Waals surface area contributed by atoms with Crippen LogP contribution in [0.25, 0.3) is 0 Å². The molecule has 0 radical (unpaired) electrons. The lowest BCUT2D eigenvalue weighted by Gasteiger charge is -2.28. The molecule has 312 valence electrons. The zero-order valence-electron chi connectivity index (χ0n) is 40.2. The number of aromatic nitrogens is 5. The second kappa shape index (κ2) is 21.0. The van der Waals surface area contributed by atoms with E-state index in [9.17, 15) is 0 Å². The Morgan fingerprint density at radius 3 is 1.16 bits per heavy atom. The topological polar surface area (TPSA) is 64.5 Å². The lowest BCUT2D eigenvalue weighted by molar-refractivity contribution is 0.565. The van der Waals surface area contributed by atoms with Crippen LogP contribution in [0.5, 0.6) is 0 Å². The highest BCUT2D eigenvalue weighted by atomic mass is 14.8. The van der Waals surface area contributed by atoms with Gasteiger partial charge in [0.15, 0.2) is 0 Å². The van der Waals surface area contributed by atoms with E-state index in [1.807, 2.05) is 43.8 Å². The van der Waals surface area contributed by atoms with Crippen molar-refractivity contribution >= 4 is 0 Å². The molecule has 0 unspecified atom stereocenters. The third-order valence-corrected chi connectivity index (χ3v) is 10.3. The number of rotatable bonds is 0. The second-order valence-electron chi connectivity index (χ2n) is 20.4. The van der Waals surface area contributed by atoms with Gasteiger partial charge in [0.25, 0.3) is 0 Å². The molecule has 5 heteroatoms. The third kappa shape index (κ3) is 17.0. The van der Waals surface area contributed by atoms with E-state index in [1.54, 1.807) is 18.6 Å². The van der Waals surface area contributed by atoms with Crippen LogP contribution in [0.15, 0.2) is 79.8 Å². The minimum Gasteiger partial charge on any atom is -0.265 e. The molecule has 0 spiro atoms. The molecule has 0 bridgehead atoms. The van der Waals surface area contributed by atoms with Crippen LogP contribution in [0.2, 0.25) is 0 Å². The normalized spacial score (nSPS) is 11.7. The lowest BCUT2D eigenvalue weighted by atomic mass is 9.77. The highest BCUT2D eigenvalue weighted by molar-refractivity contribution is 5.51. The first-order chi connectivity index (χ1) is 25.9. The van der Waals surface area contributed by atoms with E-state index >= 15 is 0 Å². The Morgan fingerprint density at radius 2 is 0.842 bits per heavy atom. The molecule has 0 atom stereocenters. The number of nitrogens with zero attached hydrogens (tertiary/aromatic N) is 5. The average molecular weight is 774 g/mol. The molecule has 5 rings (SSSR count). The fourth-order valence-electron chi connectivity index (χ4n) is 6.02. The van der Waals surface area contributed by atoms with Gasteiger partial charge in [-0.1, -0.05) is 116 Å². The number of aryl methyl sites for hydroxylation is 2. The van der Waals surface area contributed by atoms with Crippen LogP contribution in [0.3, 0.4) is 0 Å². The molecule has 0 aliphatic carbocycles. The number of hydrogen-bond acceptors (Lipinski definition) is 5. The van der Waals surface area contributed by atoms with Gasteiger partial charge in [0.2, 0.25) is 0 Å². The van der Waals surface area contributed by atoms with E-state index in [0.29, 0.717) is 0 Å². The van der Waals surface area contributed by atoms with Crippen LogP contribution in [0, 0.1) is 48.5 Å². The first-order valence-corrected chi connectivity index (χ1v) is 20.5. The van der Waals surface area contributed by atoms with Crippen molar-refractivity contribution in [3.8, 4) is 0 Å². The molecular formula is C52H79N5. The smallest absolute Gasteiger partial charge is 0.0640 e. The van der Waals surface area contributed by atoms with Crippen molar-refractivity contribution in [1.82, 2.24) is 24.9 Å². The van der Waals surface area contributed by atoms with Gasteiger partial charge in [-0.2, -0.15) is 0 Å². The van der Waals surface area contributed by atoms with Crippen molar-refractivity contribution < 1.29 is 0 Å². The van der Waals surface area contributed by atoms with Crippen molar-refractivity contribution in [2.75, 3.05) is 0 Å². The molecule has 0 N–H and O–H groups in total. The predicted octanol–water partition coefficient (Wildman–Crippen LogP) is 14.1. The van der Waals surface area contributed by atoms with Crippen LogP contribution in [0.1, 0.15) is 171 Å². The summed E-state index contributed by atoms with van der Waals surface area (Å²) in [6, 6.07) is 12.4. The van der Waals surface area contributed by atoms with Crippen molar-refractivity contribution in [2.45, 2.75) is 179 Å². The van der Waals surface area contributed by atoms with Crippen LogP contribution < -0.4 is 0 Å². The lowest BCUT2D eigenvalue weighted by Crippen LogP contribution is -2.17. The van der Waals surface area contributed by atoms with Gasteiger partial charge >= 0.3 is 0 Å². The number of pyridine rings is 3. The molecule has 0 aliphatic heterocycles. The van der Waals surface area contributed by atoms with E-state index < -0.39 is 0 Å². The summed E-state index contributed by atoms with van der Waals surface area (Å²) < 4.78 is 0. The summed E-state index contributed by atoms with van der Waals surface area (Å²) in [5.74, 6) is 0. The summed E-state index contributed by atoms with van der Waals surface area (Å²) in [6.45, 7) is 48.4. The van der Waals surface area contributed by atoms with Gasteiger partial charge in [0.05, 0.1) is 5.69 Å². The maximum Gasteiger partial charge on any atom is 0.0640 e. The Kier molecular flexibility index (Phi) is 18.7. The van der Waals surface area contributed by atoms with Crippen LogP contribution in [0.4, 0.5) is 0 Å². The zero-order chi connectivity index (χ0) is 44.2. The van der Waals surface area contributed by atoms with Gasteiger partial charge in [0, 0.05) is 65.6 Å². The maximum absolute atomic E-state index is 4.35. The van der Waals surface area contributed by atoms with E-state index in [0.717, 1.165) is 17.1 Å². The van der Waals surface area contributed by atoms with E-state index in [4.69, 9.17) is 0 Å². The predicted molar refractivity (Wildman–Crippen MR) is 248 cm³/mol. The van der Waals surface area contributed by atoms with Gasteiger partial charge in [-0.05, 0) is 139 Å². The number of hydrogen-bond donors (Lipinski definition) is 0. The molecule has 4 aromatic heterocycles. The SMILES string of the molecule is CC(C)(C)c1ccccn1.CC(C)(C)c1ccncc1.CC(C)(C)c1cnccn1.Cc1c(C)c(C)c(C(C)(C)C)c(C)c1C.Cc1cc(C(C)(C)C)cnc1C. The van der Waals surface area contributed by atoms with Crippen molar-refractivity contribution in [3.63, 3.8) is 0 Å². The van der Waals surface area contributed by atoms with Crippen molar-refractivity contribution in [2.24, 2.45) is 0 Å². The Balaban J connectivity index is 0.000000360. The van der Waals surface area contributed by atoms with Gasteiger partial charge < -0.3 is 0 Å². The minimum absolute atomic E-state index is 0.119. The maximum atomic E-state index is 4.35. The van der Waals surface area contributed by atoms with E-state index in [2.05, 4.69) is 195 Å². The minimum atomic E-state index is 0.119. The first kappa shape index (κ1) is 50.8. The Labute approximate surface area is 350 Å². The standard InChI is InChI=1S/C15H24.C11H17N.2C9H13N.C8H12N2/c1-9-10(2)12(4)14(15(6,7)8)13(5)11(9)3;1-8-6-10(11(3,4)5)7-12-9(8)2;1-9(2,3)8-4-6-10-7-5-8;1-9(2,3)8-6-4-5-7-10-8;1-8(2,3)7-6-9-4-5-10-7/h1-8H3;6-7H,1-5H3;2*4-7H,1-3H3;4-6H,1-3H3. The van der Waals surface area contributed by atoms with Crippen LogP contribution in [-0.2, 0) is 27.1 Å². The Bertz CT molecular complexity index is 1780. The summed E-state index contributed by atoms with van der Waals surface area (Å²) in [6.07, 6.45) is 12.7. The van der Waals surface area contributed by atoms with E-state index in [-0.39, 0.29) is 27.1 Å². The Morgan fingerprint density at radius 1 is 0.368 bits per heavy atom. The average Bonchev–Trinajstić information content (AvgIpc) is 3.11. The quantitative estimate of drug-likeness (QED) is 0.157. The highest BCUT2D eigenvalue weighted by Gasteiger charge is 2.22. The van der Waals surface area contributed by atoms with Crippen molar-refractivity contribution in [3.05, 3.63) is 147 Å². The van der Waals surface area contributed by atoms with Crippen LogP contribution >= 0.6 is 0 Å². The van der Waals surface area contributed by atoms with Gasteiger partial charge in [-0.25, -0.2) is 0 Å². The molecule has 5 aromatic rings. The van der Waals surface area contributed by atoms with E-state index in [1.165, 1.54) is 50.1 Å². The molecule has 0 saturated heterocycles. The molecule has 1 aromatic carbocycles. The molecule has 4 heterocycles. The van der Waals surface area contributed by atoms with Crippen molar-refractivity contribution in [1.29, 1.82) is 0 Å². The Hall–Kier alpha value is -4.25. The van der Waals surface area contributed by atoms with Gasteiger partial charge in [-0.15, -0.1) is 0 Å². The molecule has 0 aliphatic rings. The van der Waals surface area contributed by atoms with Gasteiger partial charge in [0.1, 0.15) is 0 Å². The highest BCUT2D eigenvalue weighted by Crippen LogP contribution is 2.34. The summed E-state index contributed by atoms with van der Waals surface area (Å²) in [5, 5.41) is 0. The molecule has 0 saturated carbocycles. The molecule has 5 nitrogen and oxygen atoms in total. The fraction of sp³-hybridized carbons (Fsp3) is 0.519. The number of benzene rings is 1. The summed E-state index contributed by atoms with van der Waals surface area (Å²) in [5.41, 5.74) is 17.1. The monoisotopic (exact) mass is 774 g/mol. The molecule has 57 heavy (non-hydrogen) atoms. The largest absolute Gasteiger partial charge is 0.265 e. The zero-order valence-corrected chi connectivity index (χ0v) is 40.2. The molecule has 0 fully saturated rings. The van der Waals surface area contributed by atoms with Gasteiger partial charge in [-0.3, -0.25) is 24.9 Å². The molecule has 0 amide bonds. The summed E-state index contributed by atoms with van der Waals surface area (Å²) in [7, 11) is 0. The van der Waals surface area contributed by atoms with Crippen LogP contribution in [-0.4, -0.2) is 24.9 Å². The summed E-state index contributed by atoms with van der Waals surface area (Å²) >= 11 is 0. The first-order valence-electron chi connectivity index (χ1n) is 20.5. The fourth-order valence-corrected chi connectivity index (χ4v) is 6.02. The third-order valence-electron chi connectivity index (χ3n) is 10.3.